The molecule has 0 radical (unpaired) electrons. The Bertz CT molecular complexity index is 947. The Morgan fingerprint density at radius 1 is 1.21 bits per heavy atom. The zero-order valence-corrected chi connectivity index (χ0v) is 16.0. The summed E-state index contributed by atoms with van der Waals surface area (Å²) in [5.74, 6) is -1.65. The van der Waals surface area contributed by atoms with Crippen LogP contribution in [0.3, 0.4) is 0 Å². The largest absolute Gasteiger partial charge is 0.456 e. The van der Waals surface area contributed by atoms with Gasteiger partial charge < -0.3 is 9.84 Å². The van der Waals surface area contributed by atoms with Gasteiger partial charge in [0.05, 0.1) is 9.37 Å². The minimum atomic E-state index is -3.93. The van der Waals surface area contributed by atoms with E-state index in [9.17, 15) is 13.5 Å². The maximum absolute atomic E-state index is 12.9. The van der Waals surface area contributed by atoms with Crippen molar-refractivity contribution in [2.45, 2.75) is 24.5 Å². The fraction of sp³-hybridized carbons (Fsp3) is 0.176. The first-order valence-corrected chi connectivity index (χ1v) is 9.71. The minimum Gasteiger partial charge on any atom is -0.456 e. The predicted molar refractivity (Wildman–Crippen MR) is 96.7 cm³/mol. The summed E-state index contributed by atoms with van der Waals surface area (Å²) in [4.78, 5) is -0.145. The second kappa shape index (κ2) is 5.88. The topological polar surface area (TPSA) is 63.6 Å². The van der Waals surface area contributed by atoms with Gasteiger partial charge in [-0.15, -0.1) is 0 Å². The molecule has 7 heteroatoms. The van der Waals surface area contributed by atoms with Gasteiger partial charge >= 0.3 is 0 Å². The fourth-order valence-corrected chi connectivity index (χ4v) is 4.98. The van der Waals surface area contributed by atoms with Crippen molar-refractivity contribution >= 4 is 43.4 Å². The molecule has 0 spiro atoms. The molecule has 1 unspecified atom stereocenters. The van der Waals surface area contributed by atoms with Crippen molar-refractivity contribution < 1.29 is 18.3 Å². The highest BCUT2D eigenvalue weighted by Gasteiger charge is 2.42. The molecule has 0 saturated heterocycles. The van der Waals surface area contributed by atoms with Crippen LogP contribution in [-0.4, -0.2) is 19.3 Å². The second-order valence-corrected chi connectivity index (χ2v) is 8.92. The molecule has 0 fully saturated rings. The van der Waals surface area contributed by atoms with Gasteiger partial charge in [0.2, 0.25) is 15.6 Å². The molecule has 0 saturated carbocycles. The van der Waals surface area contributed by atoms with E-state index in [1.54, 1.807) is 24.3 Å². The number of sulfone groups is 1. The zero-order valence-electron chi connectivity index (χ0n) is 12.9. The fourth-order valence-electron chi connectivity index (χ4n) is 2.49. The SMILES string of the molecule is Cc1ccc(S(=O)(=O)C2=Cc3cc(Cl)cc(Br)c3OC2(C)O)cc1. The van der Waals surface area contributed by atoms with Crippen LogP contribution in [0.5, 0.6) is 5.75 Å². The summed E-state index contributed by atoms with van der Waals surface area (Å²) in [5.41, 5.74) is 1.42. The quantitative estimate of drug-likeness (QED) is 0.772. The number of aliphatic hydroxyl groups is 1. The van der Waals surface area contributed by atoms with E-state index in [1.165, 1.54) is 25.1 Å². The van der Waals surface area contributed by atoms with Crippen molar-refractivity contribution in [3.63, 3.8) is 0 Å². The van der Waals surface area contributed by atoms with Gasteiger partial charge in [-0.3, -0.25) is 0 Å². The van der Waals surface area contributed by atoms with Crippen LogP contribution in [0.2, 0.25) is 5.02 Å². The highest BCUT2D eigenvalue weighted by atomic mass is 79.9. The Labute approximate surface area is 153 Å². The normalized spacial score (nSPS) is 20.1. The van der Waals surface area contributed by atoms with Crippen LogP contribution in [0.25, 0.3) is 6.08 Å². The summed E-state index contributed by atoms with van der Waals surface area (Å²) in [6.07, 6.45) is 1.39. The molecule has 24 heavy (non-hydrogen) atoms. The Kier molecular flexibility index (Phi) is 4.28. The molecular formula is C17H14BrClO4S. The average molecular weight is 430 g/mol. The summed E-state index contributed by atoms with van der Waals surface area (Å²) < 4.78 is 32.0. The molecule has 0 bridgehead atoms. The lowest BCUT2D eigenvalue weighted by Gasteiger charge is -2.32. The molecule has 3 rings (SSSR count). The van der Waals surface area contributed by atoms with Crippen molar-refractivity contribution in [2.24, 2.45) is 0 Å². The Balaban J connectivity index is 2.21. The summed E-state index contributed by atoms with van der Waals surface area (Å²) >= 11 is 9.33. The maximum atomic E-state index is 12.9. The Hall–Kier alpha value is -1.34. The van der Waals surface area contributed by atoms with Crippen molar-refractivity contribution in [3.05, 3.63) is 61.9 Å². The average Bonchev–Trinajstić information content (AvgIpc) is 2.47. The van der Waals surface area contributed by atoms with Crippen LogP contribution >= 0.6 is 27.5 Å². The number of fused-ring (bicyclic) bond motifs is 1. The lowest BCUT2D eigenvalue weighted by Crippen LogP contribution is -2.39. The number of ether oxygens (including phenoxy) is 1. The molecule has 0 aromatic heterocycles. The number of hydrogen-bond acceptors (Lipinski definition) is 4. The highest BCUT2D eigenvalue weighted by molar-refractivity contribution is 9.10. The van der Waals surface area contributed by atoms with Gasteiger partial charge in [0.1, 0.15) is 10.7 Å². The third-order valence-electron chi connectivity index (χ3n) is 3.70. The van der Waals surface area contributed by atoms with E-state index < -0.39 is 15.6 Å². The smallest absolute Gasteiger partial charge is 0.243 e. The first-order chi connectivity index (χ1) is 11.1. The lowest BCUT2D eigenvalue weighted by molar-refractivity contribution is -0.0835. The van der Waals surface area contributed by atoms with E-state index in [1.807, 2.05) is 6.92 Å². The van der Waals surface area contributed by atoms with Gasteiger partial charge in [0, 0.05) is 17.5 Å². The molecule has 2 aromatic rings. The van der Waals surface area contributed by atoms with Crippen LogP contribution in [0.4, 0.5) is 0 Å². The molecule has 0 aliphatic carbocycles. The Morgan fingerprint density at radius 3 is 2.46 bits per heavy atom. The molecule has 4 nitrogen and oxygen atoms in total. The van der Waals surface area contributed by atoms with Crippen LogP contribution in [0.1, 0.15) is 18.1 Å². The molecule has 1 N–H and O–H groups in total. The zero-order chi connectivity index (χ0) is 17.7. The Morgan fingerprint density at radius 2 is 1.83 bits per heavy atom. The van der Waals surface area contributed by atoms with E-state index in [4.69, 9.17) is 16.3 Å². The van der Waals surface area contributed by atoms with E-state index in [0.717, 1.165) is 5.56 Å². The van der Waals surface area contributed by atoms with Gasteiger partial charge in [-0.1, -0.05) is 29.3 Å². The maximum Gasteiger partial charge on any atom is 0.243 e. The van der Waals surface area contributed by atoms with E-state index in [2.05, 4.69) is 15.9 Å². The van der Waals surface area contributed by atoms with Gasteiger partial charge in [0.15, 0.2) is 0 Å². The number of hydrogen-bond donors (Lipinski definition) is 1. The van der Waals surface area contributed by atoms with Gasteiger partial charge in [-0.25, -0.2) is 8.42 Å². The standard InChI is InChI=1S/C17H14BrClO4S/c1-10-3-5-13(6-4-10)24(21,22)15-8-11-7-12(19)9-14(18)16(11)23-17(15,2)20/h3-9,20H,1-2H3. The number of rotatable bonds is 2. The molecule has 1 atom stereocenters. The van der Waals surface area contributed by atoms with E-state index in [-0.39, 0.29) is 9.80 Å². The molecule has 1 aliphatic rings. The lowest BCUT2D eigenvalue weighted by atomic mass is 10.1. The third kappa shape index (κ3) is 2.99. The predicted octanol–water partition coefficient (Wildman–Crippen LogP) is 4.33. The van der Waals surface area contributed by atoms with Crippen molar-refractivity contribution in [3.8, 4) is 5.75 Å². The third-order valence-corrected chi connectivity index (χ3v) is 6.48. The summed E-state index contributed by atoms with van der Waals surface area (Å²) in [7, 11) is -3.93. The van der Waals surface area contributed by atoms with E-state index in [0.29, 0.717) is 20.8 Å². The molecule has 126 valence electrons. The first kappa shape index (κ1) is 17.5. The van der Waals surface area contributed by atoms with E-state index >= 15 is 0 Å². The number of halogens is 2. The molecular weight excluding hydrogens is 416 g/mol. The summed E-state index contributed by atoms with van der Waals surface area (Å²) in [6, 6.07) is 9.61. The summed E-state index contributed by atoms with van der Waals surface area (Å²) in [6.45, 7) is 3.17. The second-order valence-electron chi connectivity index (χ2n) is 5.72. The molecule has 2 aromatic carbocycles. The molecule has 0 amide bonds. The van der Waals surface area contributed by atoms with Crippen molar-refractivity contribution in [1.29, 1.82) is 0 Å². The van der Waals surface area contributed by atoms with Crippen LogP contribution in [0, 0.1) is 6.92 Å². The van der Waals surface area contributed by atoms with Crippen LogP contribution in [0.15, 0.2) is 50.7 Å². The van der Waals surface area contributed by atoms with Crippen molar-refractivity contribution in [2.75, 3.05) is 0 Å². The first-order valence-electron chi connectivity index (χ1n) is 7.05. The monoisotopic (exact) mass is 428 g/mol. The van der Waals surface area contributed by atoms with Gasteiger partial charge in [-0.2, -0.15) is 0 Å². The van der Waals surface area contributed by atoms with Crippen molar-refractivity contribution in [1.82, 2.24) is 0 Å². The number of benzene rings is 2. The molecule has 1 aliphatic heterocycles. The summed E-state index contributed by atoms with van der Waals surface area (Å²) in [5, 5.41) is 11.0. The van der Waals surface area contributed by atoms with Crippen LogP contribution in [-0.2, 0) is 9.84 Å². The minimum absolute atomic E-state index is 0.0905. The van der Waals surface area contributed by atoms with Gasteiger partial charge in [0.25, 0.3) is 0 Å². The van der Waals surface area contributed by atoms with Gasteiger partial charge in [-0.05, 0) is 53.2 Å². The van der Waals surface area contributed by atoms with Crippen LogP contribution < -0.4 is 4.74 Å². The highest BCUT2D eigenvalue weighted by Crippen LogP contribution is 2.43. The number of aryl methyl sites for hydroxylation is 1. The molecule has 1 heterocycles.